The van der Waals surface area contributed by atoms with Gasteiger partial charge in [0.05, 0.1) is 0 Å². The molecule has 8 heteroatoms. The van der Waals surface area contributed by atoms with Crippen LogP contribution < -0.4 is 10.6 Å². The second kappa shape index (κ2) is 6.62. The first-order chi connectivity index (χ1) is 8.92. The molecule has 4 N–H and O–H groups in total. The maximum absolute atomic E-state index is 4.13. The van der Waals surface area contributed by atoms with Crippen LogP contribution in [0.4, 0.5) is 0 Å². The van der Waals surface area contributed by atoms with Crippen molar-refractivity contribution in [1.82, 2.24) is 41.0 Å². The summed E-state index contributed by atoms with van der Waals surface area (Å²) in [6.07, 6.45) is 4.76. The van der Waals surface area contributed by atoms with E-state index in [0.717, 1.165) is 19.6 Å². The summed E-state index contributed by atoms with van der Waals surface area (Å²) in [5.41, 5.74) is 0. The maximum Gasteiger partial charge on any atom is 0.149 e. The van der Waals surface area contributed by atoms with Crippen molar-refractivity contribution in [2.75, 3.05) is 19.6 Å². The van der Waals surface area contributed by atoms with E-state index in [2.05, 4.69) is 47.6 Å². The molecular formula is C10H16N8. The fourth-order valence-electron chi connectivity index (χ4n) is 1.54. The van der Waals surface area contributed by atoms with Crippen molar-refractivity contribution in [2.45, 2.75) is 6.04 Å². The summed E-state index contributed by atoms with van der Waals surface area (Å²) >= 11 is 0. The second-order valence-electron chi connectivity index (χ2n) is 3.62. The molecule has 0 unspecified atom stereocenters. The van der Waals surface area contributed by atoms with Crippen LogP contribution in [0.3, 0.4) is 0 Å². The van der Waals surface area contributed by atoms with Crippen LogP contribution in [0.5, 0.6) is 0 Å². The summed E-state index contributed by atoms with van der Waals surface area (Å²) in [4.78, 5) is 8.27. The fourth-order valence-corrected chi connectivity index (χ4v) is 1.54. The Labute approximate surface area is 104 Å². The van der Waals surface area contributed by atoms with E-state index >= 15 is 0 Å². The van der Waals surface area contributed by atoms with Crippen LogP contribution in [0.1, 0.15) is 17.7 Å². The molecular weight excluding hydrogens is 232 g/mol. The van der Waals surface area contributed by atoms with E-state index in [-0.39, 0.29) is 6.04 Å². The van der Waals surface area contributed by atoms with Gasteiger partial charge in [0.1, 0.15) is 30.3 Å². The minimum absolute atomic E-state index is 0.166. The van der Waals surface area contributed by atoms with Gasteiger partial charge in [-0.2, -0.15) is 10.2 Å². The lowest BCUT2D eigenvalue weighted by Crippen LogP contribution is -2.32. The second-order valence-corrected chi connectivity index (χ2v) is 3.62. The third-order valence-corrected chi connectivity index (χ3v) is 2.35. The summed E-state index contributed by atoms with van der Waals surface area (Å²) in [5.74, 6) is 1.41. The van der Waals surface area contributed by atoms with E-state index in [0.29, 0.717) is 11.6 Å². The Hall–Kier alpha value is -2.06. The number of rotatable bonds is 8. The van der Waals surface area contributed by atoms with E-state index in [1.54, 1.807) is 0 Å². The SMILES string of the molecule is C=CCNCCNC(c1ncn[nH]1)c1ncn[nH]1. The highest BCUT2D eigenvalue weighted by atomic mass is 15.3. The third-order valence-electron chi connectivity index (χ3n) is 2.35. The largest absolute Gasteiger partial charge is 0.312 e. The van der Waals surface area contributed by atoms with Gasteiger partial charge < -0.3 is 5.32 Å². The molecule has 0 radical (unpaired) electrons. The lowest BCUT2D eigenvalue weighted by Gasteiger charge is -2.13. The van der Waals surface area contributed by atoms with Gasteiger partial charge in [-0.25, -0.2) is 9.97 Å². The average Bonchev–Trinajstić information content (AvgIpc) is 3.06. The first-order valence-corrected chi connectivity index (χ1v) is 5.67. The van der Waals surface area contributed by atoms with Gasteiger partial charge in [0, 0.05) is 19.6 Å². The molecule has 0 aliphatic heterocycles. The Morgan fingerprint density at radius 2 is 1.83 bits per heavy atom. The first kappa shape index (κ1) is 12.4. The van der Waals surface area contributed by atoms with Crippen molar-refractivity contribution >= 4 is 0 Å². The Morgan fingerprint density at radius 1 is 1.17 bits per heavy atom. The van der Waals surface area contributed by atoms with Gasteiger partial charge in [-0.05, 0) is 0 Å². The van der Waals surface area contributed by atoms with Gasteiger partial charge in [0.2, 0.25) is 0 Å². The summed E-state index contributed by atoms with van der Waals surface area (Å²) in [5, 5.41) is 19.9. The number of hydrogen-bond acceptors (Lipinski definition) is 6. The van der Waals surface area contributed by atoms with Crippen molar-refractivity contribution in [3.63, 3.8) is 0 Å². The monoisotopic (exact) mass is 248 g/mol. The minimum atomic E-state index is -0.166. The van der Waals surface area contributed by atoms with Crippen LogP contribution in [0.25, 0.3) is 0 Å². The van der Waals surface area contributed by atoms with Gasteiger partial charge in [0.25, 0.3) is 0 Å². The number of H-pyrrole nitrogens is 2. The number of aromatic nitrogens is 6. The van der Waals surface area contributed by atoms with Crippen LogP contribution in [-0.2, 0) is 0 Å². The number of aromatic amines is 2. The summed E-state index contributed by atoms with van der Waals surface area (Å²) in [7, 11) is 0. The van der Waals surface area contributed by atoms with Gasteiger partial charge in [-0.15, -0.1) is 6.58 Å². The zero-order valence-corrected chi connectivity index (χ0v) is 9.93. The molecule has 8 nitrogen and oxygen atoms in total. The molecule has 2 aromatic heterocycles. The summed E-state index contributed by atoms with van der Waals surface area (Å²) in [6.45, 7) is 6.02. The normalized spacial score (nSPS) is 10.9. The molecule has 2 aromatic rings. The van der Waals surface area contributed by atoms with Crippen molar-refractivity contribution in [3.8, 4) is 0 Å². The summed E-state index contributed by atoms with van der Waals surface area (Å²) in [6, 6.07) is -0.166. The molecule has 0 amide bonds. The van der Waals surface area contributed by atoms with E-state index in [1.165, 1.54) is 12.7 Å². The molecule has 96 valence electrons. The lowest BCUT2D eigenvalue weighted by molar-refractivity contribution is 0.539. The van der Waals surface area contributed by atoms with E-state index in [9.17, 15) is 0 Å². The van der Waals surface area contributed by atoms with Crippen molar-refractivity contribution < 1.29 is 0 Å². The Bertz CT molecular complexity index is 400. The standard InChI is InChI=1S/C10H16N8/c1-2-3-11-4-5-12-8(9-13-6-15-17-9)10-14-7-16-18-10/h2,6-8,11-12H,1,3-5H2,(H,13,15,17)(H,14,16,18). The van der Waals surface area contributed by atoms with Crippen LogP contribution >= 0.6 is 0 Å². The number of nitrogens with one attached hydrogen (secondary N) is 4. The van der Waals surface area contributed by atoms with Crippen LogP contribution in [-0.4, -0.2) is 50.0 Å². The predicted octanol–water partition coefficient (Wildman–Crippen LogP) is -0.623. The predicted molar refractivity (Wildman–Crippen MR) is 65.7 cm³/mol. The number of nitrogens with zero attached hydrogens (tertiary/aromatic N) is 4. The van der Waals surface area contributed by atoms with E-state index in [4.69, 9.17) is 0 Å². The molecule has 0 fully saturated rings. The Kier molecular flexibility index (Phi) is 4.56. The average molecular weight is 248 g/mol. The highest BCUT2D eigenvalue weighted by Gasteiger charge is 2.18. The zero-order valence-electron chi connectivity index (χ0n) is 9.93. The molecule has 0 saturated carbocycles. The van der Waals surface area contributed by atoms with Crippen LogP contribution in [0.15, 0.2) is 25.3 Å². The molecule has 0 aliphatic rings. The van der Waals surface area contributed by atoms with Gasteiger partial charge in [-0.1, -0.05) is 6.08 Å². The lowest BCUT2D eigenvalue weighted by atomic mass is 10.2. The Morgan fingerprint density at radius 3 is 2.33 bits per heavy atom. The summed E-state index contributed by atoms with van der Waals surface area (Å²) < 4.78 is 0. The van der Waals surface area contributed by atoms with Crippen LogP contribution in [0.2, 0.25) is 0 Å². The minimum Gasteiger partial charge on any atom is -0.312 e. The van der Waals surface area contributed by atoms with Gasteiger partial charge in [0.15, 0.2) is 0 Å². The topological polar surface area (TPSA) is 107 Å². The first-order valence-electron chi connectivity index (χ1n) is 5.67. The zero-order chi connectivity index (χ0) is 12.6. The number of hydrogen-bond donors (Lipinski definition) is 4. The smallest absolute Gasteiger partial charge is 0.149 e. The van der Waals surface area contributed by atoms with Crippen molar-refractivity contribution in [2.24, 2.45) is 0 Å². The molecule has 18 heavy (non-hydrogen) atoms. The van der Waals surface area contributed by atoms with Crippen LogP contribution in [0, 0.1) is 0 Å². The molecule has 0 atom stereocenters. The van der Waals surface area contributed by atoms with Gasteiger partial charge >= 0.3 is 0 Å². The molecule has 0 saturated heterocycles. The van der Waals surface area contributed by atoms with E-state index in [1.807, 2.05) is 6.08 Å². The maximum atomic E-state index is 4.13. The van der Waals surface area contributed by atoms with Crippen molar-refractivity contribution in [3.05, 3.63) is 37.0 Å². The molecule has 0 spiro atoms. The van der Waals surface area contributed by atoms with Crippen molar-refractivity contribution in [1.29, 1.82) is 0 Å². The van der Waals surface area contributed by atoms with E-state index < -0.39 is 0 Å². The van der Waals surface area contributed by atoms with Gasteiger partial charge in [-0.3, -0.25) is 15.5 Å². The molecule has 0 bridgehead atoms. The third kappa shape index (κ3) is 3.22. The molecule has 0 aromatic carbocycles. The molecule has 2 heterocycles. The quantitative estimate of drug-likeness (QED) is 0.366. The molecule has 0 aliphatic carbocycles. The molecule has 2 rings (SSSR count). The highest BCUT2D eigenvalue weighted by molar-refractivity contribution is 5.06. The fraction of sp³-hybridized carbons (Fsp3) is 0.400. The highest BCUT2D eigenvalue weighted by Crippen LogP contribution is 2.12. The Balaban J connectivity index is 1.92.